The number of benzene rings is 2. The summed E-state index contributed by atoms with van der Waals surface area (Å²) in [6, 6.07) is 17.9. The van der Waals surface area contributed by atoms with Crippen molar-refractivity contribution in [3.05, 3.63) is 70.2 Å². The average Bonchev–Trinajstić information content (AvgIpc) is 2.72. The van der Waals surface area contributed by atoms with Crippen molar-refractivity contribution >= 4 is 21.6 Å². The largest absolute Gasteiger partial charge is 0.311 e. The Morgan fingerprint density at radius 3 is 2.29 bits per heavy atom. The lowest BCUT2D eigenvalue weighted by Crippen LogP contribution is -2.44. The van der Waals surface area contributed by atoms with Gasteiger partial charge in [0.2, 0.25) is 0 Å². The van der Waals surface area contributed by atoms with E-state index in [1.54, 1.807) is 0 Å². The summed E-state index contributed by atoms with van der Waals surface area (Å²) in [5.74, 6) is 0. The van der Waals surface area contributed by atoms with Gasteiger partial charge in [-0.2, -0.15) is 5.06 Å². The van der Waals surface area contributed by atoms with E-state index in [0.29, 0.717) is 0 Å². The van der Waals surface area contributed by atoms with Crippen LogP contribution in [0.2, 0.25) is 0 Å². The molecule has 0 fully saturated rings. The molecule has 0 amide bonds. The van der Waals surface area contributed by atoms with Crippen molar-refractivity contribution in [1.29, 1.82) is 0 Å². The Morgan fingerprint density at radius 1 is 1.05 bits per heavy atom. The minimum Gasteiger partial charge on any atom is -0.311 e. The zero-order valence-corrected chi connectivity index (χ0v) is 13.6. The molecule has 3 nitrogen and oxygen atoms in total. The van der Waals surface area contributed by atoms with E-state index in [9.17, 15) is 5.21 Å². The number of hydrogen-bond acceptors (Lipinski definition) is 3. The van der Waals surface area contributed by atoms with E-state index in [1.165, 1.54) is 5.06 Å². The molecule has 1 aliphatic heterocycles. The molecule has 2 aromatic rings. The normalized spacial score (nSPS) is 21.3. The van der Waals surface area contributed by atoms with Crippen molar-refractivity contribution in [2.75, 3.05) is 0 Å². The van der Waals surface area contributed by atoms with Crippen LogP contribution >= 0.6 is 15.9 Å². The van der Waals surface area contributed by atoms with Crippen LogP contribution in [0.15, 0.2) is 64.1 Å². The number of rotatable bonds is 2. The first kappa shape index (κ1) is 14.4. The molecule has 0 radical (unpaired) electrons. The van der Waals surface area contributed by atoms with Gasteiger partial charge in [-0.25, -0.2) is 0 Å². The Hall–Kier alpha value is -1.49. The third-order valence-corrected chi connectivity index (χ3v) is 4.38. The molecule has 2 aromatic carbocycles. The van der Waals surface area contributed by atoms with E-state index in [1.807, 2.05) is 68.4 Å². The maximum atomic E-state index is 10.6. The molecule has 0 aliphatic carbocycles. The van der Waals surface area contributed by atoms with Crippen LogP contribution in [0.25, 0.3) is 0 Å². The second-order valence-corrected chi connectivity index (χ2v) is 6.59. The first-order valence-electron chi connectivity index (χ1n) is 6.87. The van der Waals surface area contributed by atoms with E-state index >= 15 is 0 Å². The van der Waals surface area contributed by atoms with Crippen molar-refractivity contribution < 1.29 is 5.21 Å². The molecule has 3 rings (SSSR count). The molecular formula is C17H17BrN2O. The summed E-state index contributed by atoms with van der Waals surface area (Å²) in [6.45, 7) is 3.97. The Labute approximate surface area is 133 Å². The highest BCUT2D eigenvalue weighted by molar-refractivity contribution is 9.10. The van der Waals surface area contributed by atoms with Gasteiger partial charge in [0.15, 0.2) is 6.17 Å². The standard InChI is InChI=1S/C17H17BrN2O/c1-17(2)15(12-6-4-3-5-7-12)19-16(20(17)21)13-8-10-14(18)11-9-13/h3-11,16,21H,1-2H3/t16-/m0/s1. The Morgan fingerprint density at radius 2 is 1.67 bits per heavy atom. The van der Waals surface area contributed by atoms with Crippen LogP contribution in [0.5, 0.6) is 0 Å². The number of nitrogens with zero attached hydrogens (tertiary/aromatic N) is 2. The molecule has 1 heterocycles. The average molecular weight is 345 g/mol. The fourth-order valence-electron chi connectivity index (χ4n) is 2.62. The molecule has 0 saturated carbocycles. The zero-order chi connectivity index (χ0) is 15.0. The van der Waals surface area contributed by atoms with E-state index < -0.39 is 5.54 Å². The highest BCUT2D eigenvalue weighted by Gasteiger charge is 2.43. The molecule has 1 N–H and O–H groups in total. The molecule has 108 valence electrons. The summed E-state index contributed by atoms with van der Waals surface area (Å²) in [5, 5.41) is 11.9. The van der Waals surface area contributed by atoms with Crippen LogP contribution < -0.4 is 0 Å². The van der Waals surface area contributed by atoms with Gasteiger partial charge in [0.25, 0.3) is 0 Å². The fraction of sp³-hybridized carbons (Fsp3) is 0.235. The van der Waals surface area contributed by atoms with Crippen molar-refractivity contribution in [2.45, 2.75) is 25.6 Å². The van der Waals surface area contributed by atoms with Crippen LogP contribution in [0.4, 0.5) is 0 Å². The van der Waals surface area contributed by atoms with Crippen LogP contribution in [0, 0.1) is 0 Å². The molecular weight excluding hydrogens is 328 g/mol. The molecule has 0 spiro atoms. The summed E-state index contributed by atoms with van der Waals surface area (Å²) < 4.78 is 1.01. The summed E-state index contributed by atoms with van der Waals surface area (Å²) in [5.41, 5.74) is 2.39. The number of halogens is 1. The van der Waals surface area contributed by atoms with E-state index in [-0.39, 0.29) is 6.17 Å². The maximum absolute atomic E-state index is 10.6. The van der Waals surface area contributed by atoms with Crippen LogP contribution in [-0.2, 0) is 0 Å². The quantitative estimate of drug-likeness (QED) is 0.875. The minimum absolute atomic E-state index is 0.372. The Bertz CT molecular complexity index is 665. The molecule has 21 heavy (non-hydrogen) atoms. The van der Waals surface area contributed by atoms with Gasteiger partial charge in [0.05, 0.1) is 11.3 Å². The van der Waals surface area contributed by atoms with Gasteiger partial charge >= 0.3 is 0 Å². The van der Waals surface area contributed by atoms with E-state index in [4.69, 9.17) is 4.99 Å². The van der Waals surface area contributed by atoms with Crippen molar-refractivity contribution in [1.82, 2.24) is 5.06 Å². The molecule has 0 unspecified atom stereocenters. The SMILES string of the molecule is CC1(C)C(c2ccccc2)=N[C@H](c2ccc(Br)cc2)N1O. The molecule has 0 saturated heterocycles. The van der Waals surface area contributed by atoms with Gasteiger partial charge in [-0.3, -0.25) is 4.99 Å². The highest BCUT2D eigenvalue weighted by Crippen LogP contribution is 2.37. The Kier molecular flexibility index (Phi) is 3.69. The fourth-order valence-corrected chi connectivity index (χ4v) is 2.89. The smallest absolute Gasteiger partial charge is 0.151 e. The predicted octanol–water partition coefficient (Wildman–Crippen LogP) is 4.42. The minimum atomic E-state index is -0.529. The number of hydroxylamine groups is 2. The molecule has 0 bridgehead atoms. The monoisotopic (exact) mass is 344 g/mol. The summed E-state index contributed by atoms with van der Waals surface area (Å²) in [7, 11) is 0. The van der Waals surface area contributed by atoms with Gasteiger partial charge in [0.1, 0.15) is 0 Å². The molecule has 1 atom stereocenters. The Balaban J connectivity index is 2.04. The molecule has 0 aromatic heterocycles. The highest BCUT2D eigenvalue weighted by atomic mass is 79.9. The van der Waals surface area contributed by atoms with Crippen molar-refractivity contribution in [3.8, 4) is 0 Å². The maximum Gasteiger partial charge on any atom is 0.151 e. The lowest BCUT2D eigenvalue weighted by molar-refractivity contribution is -0.159. The second-order valence-electron chi connectivity index (χ2n) is 5.67. The van der Waals surface area contributed by atoms with Crippen molar-refractivity contribution in [3.63, 3.8) is 0 Å². The summed E-state index contributed by atoms with van der Waals surface area (Å²) >= 11 is 3.43. The van der Waals surface area contributed by atoms with Gasteiger partial charge in [-0.05, 0) is 37.1 Å². The first-order chi connectivity index (χ1) is 10.00. The third kappa shape index (κ3) is 2.55. The second kappa shape index (κ2) is 5.37. The molecule has 4 heteroatoms. The first-order valence-corrected chi connectivity index (χ1v) is 7.67. The molecule has 1 aliphatic rings. The van der Waals surface area contributed by atoms with Crippen LogP contribution in [0.3, 0.4) is 0 Å². The van der Waals surface area contributed by atoms with Gasteiger partial charge < -0.3 is 5.21 Å². The summed E-state index contributed by atoms with van der Waals surface area (Å²) in [6.07, 6.45) is -0.372. The van der Waals surface area contributed by atoms with Gasteiger partial charge in [-0.15, -0.1) is 0 Å². The predicted molar refractivity (Wildman–Crippen MR) is 87.6 cm³/mol. The lowest BCUT2D eigenvalue weighted by Gasteiger charge is -2.30. The van der Waals surface area contributed by atoms with E-state index in [2.05, 4.69) is 15.9 Å². The van der Waals surface area contributed by atoms with Gasteiger partial charge in [-0.1, -0.05) is 58.4 Å². The zero-order valence-electron chi connectivity index (χ0n) is 12.0. The topological polar surface area (TPSA) is 35.8 Å². The van der Waals surface area contributed by atoms with E-state index in [0.717, 1.165) is 21.3 Å². The van der Waals surface area contributed by atoms with Crippen LogP contribution in [-0.4, -0.2) is 21.5 Å². The number of aliphatic imine (C=N–C) groups is 1. The lowest BCUT2D eigenvalue weighted by atomic mass is 9.93. The third-order valence-electron chi connectivity index (χ3n) is 3.85. The number of hydrogen-bond donors (Lipinski definition) is 1. The summed E-state index contributed by atoms with van der Waals surface area (Å²) in [4.78, 5) is 4.77. The van der Waals surface area contributed by atoms with Crippen molar-refractivity contribution in [2.24, 2.45) is 4.99 Å². The van der Waals surface area contributed by atoms with Gasteiger partial charge in [0, 0.05) is 4.47 Å². The van der Waals surface area contributed by atoms with Crippen LogP contribution in [0.1, 0.15) is 31.1 Å².